The van der Waals surface area contributed by atoms with Crippen LogP contribution in [-0.4, -0.2) is 50.9 Å². The maximum atomic E-state index is 9.45. The van der Waals surface area contributed by atoms with Crippen LogP contribution in [0.1, 0.15) is 85.0 Å². The summed E-state index contributed by atoms with van der Waals surface area (Å²) in [7, 11) is -8.85. The van der Waals surface area contributed by atoms with Crippen molar-refractivity contribution in [3.8, 4) is 0 Å². The Morgan fingerprint density at radius 2 is 0.929 bits per heavy atom. The average Bonchev–Trinajstić information content (AvgIpc) is 2.52. The number of unbranched alkanes of at least 4 members (excludes halogenated alkanes) is 9. The summed E-state index contributed by atoms with van der Waals surface area (Å²) in [5.41, 5.74) is 0. The molecule has 0 aromatic heterocycles. The van der Waals surface area contributed by atoms with E-state index in [1.165, 1.54) is 71.6 Å². The van der Waals surface area contributed by atoms with Crippen LogP contribution < -0.4 is 29.6 Å². The molecule has 0 aliphatic heterocycles. The maximum Gasteiger partial charge on any atom is 1.00 e. The summed E-state index contributed by atoms with van der Waals surface area (Å²) >= 11 is 0. The van der Waals surface area contributed by atoms with Crippen molar-refractivity contribution in [3.05, 3.63) is 0 Å². The SMILES string of the molecule is CCCCCCCCCCCC[OH2+].CCOS(=O)(=O)[O-].CCOS(=O)(=O)[O-].[Na+]. The van der Waals surface area contributed by atoms with Crippen molar-refractivity contribution in [1.82, 2.24) is 0 Å². The summed E-state index contributed by atoms with van der Waals surface area (Å²) < 4.78 is 64.0. The fourth-order valence-corrected chi connectivity index (χ4v) is 2.48. The fourth-order valence-electron chi connectivity index (χ4n) is 1.90. The summed E-state index contributed by atoms with van der Waals surface area (Å²) in [5.74, 6) is 0. The van der Waals surface area contributed by atoms with Gasteiger partial charge in [-0.05, 0) is 20.3 Å². The number of hydrogen-bond donors (Lipinski definition) is 0. The van der Waals surface area contributed by atoms with Crippen LogP contribution in [0.2, 0.25) is 0 Å². The third-order valence-corrected chi connectivity index (χ3v) is 4.10. The zero-order chi connectivity index (χ0) is 21.6. The molecular weight excluding hydrogens is 423 g/mol. The molecule has 0 aromatic carbocycles. The first-order chi connectivity index (χ1) is 12.5. The van der Waals surface area contributed by atoms with E-state index in [4.69, 9.17) is 5.11 Å². The largest absolute Gasteiger partial charge is 1.00 e. The van der Waals surface area contributed by atoms with Gasteiger partial charge >= 0.3 is 29.6 Å². The summed E-state index contributed by atoms with van der Waals surface area (Å²) in [5, 5.41) is 7.00. The summed E-state index contributed by atoms with van der Waals surface area (Å²) in [6.07, 6.45) is 13.6. The van der Waals surface area contributed by atoms with Crippen molar-refractivity contribution in [3.63, 3.8) is 0 Å². The van der Waals surface area contributed by atoms with Crippen LogP contribution >= 0.6 is 0 Å². The Bertz CT molecular complexity index is 438. The Morgan fingerprint density at radius 1 is 0.643 bits per heavy atom. The Labute approximate surface area is 193 Å². The van der Waals surface area contributed by atoms with E-state index in [9.17, 15) is 25.9 Å². The minimum Gasteiger partial charge on any atom is -0.726 e. The van der Waals surface area contributed by atoms with Crippen molar-refractivity contribution < 1.29 is 69.0 Å². The minimum absolute atomic E-state index is 0. The summed E-state index contributed by atoms with van der Waals surface area (Å²) in [4.78, 5) is 0. The number of rotatable bonds is 14. The molecule has 2 N–H and O–H groups in total. The van der Waals surface area contributed by atoms with Crippen LogP contribution in [0.25, 0.3) is 0 Å². The van der Waals surface area contributed by atoms with Gasteiger partial charge in [0.05, 0.1) is 13.2 Å². The average molecular weight is 461 g/mol. The molecule has 0 heterocycles. The van der Waals surface area contributed by atoms with E-state index < -0.39 is 20.8 Å². The van der Waals surface area contributed by atoms with Gasteiger partial charge < -0.3 is 14.2 Å². The first-order valence-electron chi connectivity index (χ1n) is 9.39. The Kier molecular flexibility index (Phi) is 33.2. The van der Waals surface area contributed by atoms with Gasteiger partial charge in [-0.1, -0.05) is 58.3 Å². The zero-order valence-corrected chi connectivity index (χ0v) is 21.4. The molecule has 0 radical (unpaired) electrons. The van der Waals surface area contributed by atoms with Crippen molar-refractivity contribution in [1.29, 1.82) is 0 Å². The monoisotopic (exact) mass is 460 g/mol. The molecule has 0 saturated carbocycles. The van der Waals surface area contributed by atoms with Crippen LogP contribution in [-0.2, 0) is 29.2 Å². The van der Waals surface area contributed by atoms with Gasteiger partial charge in [-0.3, -0.25) is 8.37 Å². The van der Waals surface area contributed by atoms with Gasteiger partial charge in [0.25, 0.3) is 0 Å². The molecule has 0 amide bonds. The van der Waals surface area contributed by atoms with Gasteiger partial charge in [-0.2, -0.15) is 0 Å². The molecule has 0 rings (SSSR count). The van der Waals surface area contributed by atoms with E-state index >= 15 is 0 Å². The van der Waals surface area contributed by atoms with Crippen molar-refractivity contribution >= 4 is 20.8 Å². The van der Waals surface area contributed by atoms with E-state index in [-0.39, 0.29) is 42.8 Å². The molecule has 12 heteroatoms. The van der Waals surface area contributed by atoms with E-state index in [0.717, 1.165) is 6.42 Å². The molecule has 28 heavy (non-hydrogen) atoms. The second-order valence-electron chi connectivity index (χ2n) is 5.56. The van der Waals surface area contributed by atoms with Crippen LogP contribution in [0, 0.1) is 0 Å². The third kappa shape index (κ3) is 50.4. The van der Waals surface area contributed by atoms with E-state index in [0.29, 0.717) is 6.61 Å². The van der Waals surface area contributed by atoms with E-state index in [2.05, 4.69) is 15.3 Å². The standard InChI is InChI=1S/C12H26O.2C2H6O4S.Na/c1-2-3-4-5-6-7-8-9-10-11-12-13;2*1-2-6-7(3,4)5;/h13H,2-12H2,1H3;2*2H2,1H3,(H,3,4,5);/q;;;+1/p-1. The van der Waals surface area contributed by atoms with Crippen LogP contribution in [0.3, 0.4) is 0 Å². The van der Waals surface area contributed by atoms with Crippen LogP contribution in [0.5, 0.6) is 0 Å². The molecule has 0 spiro atoms. The molecule has 168 valence electrons. The van der Waals surface area contributed by atoms with Gasteiger partial charge in [0.15, 0.2) is 0 Å². The zero-order valence-electron chi connectivity index (χ0n) is 17.8. The first-order valence-corrected chi connectivity index (χ1v) is 12.1. The molecule has 0 fully saturated rings. The first kappa shape index (κ1) is 36.1. The van der Waals surface area contributed by atoms with Gasteiger partial charge in [0.1, 0.15) is 6.61 Å². The molecule has 0 saturated heterocycles. The molecule has 0 unspecified atom stereocenters. The van der Waals surface area contributed by atoms with Gasteiger partial charge in [-0.15, -0.1) is 0 Å². The second kappa shape index (κ2) is 25.7. The number of hydrogen-bond acceptors (Lipinski definition) is 8. The second-order valence-corrected chi connectivity index (χ2v) is 7.67. The van der Waals surface area contributed by atoms with Crippen LogP contribution in [0.4, 0.5) is 0 Å². The van der Waals surface area contributed by atoms with E-state index in [1.807, 2.05) is 0 Å². The van der Waals surface area contributed by atoms with Crippen molar-refractivity contribution in [2.75, 3.05) is 19.8 Å². The molecule has 0 aliphatic rings. The van der Waals surface area contributed by atoms with Crippen molar-refractivity contribution in [2.45, 2.75) is 85.0 Å². The fraction of sp³-hybridized carbons (Fsp3) is 1.00. The normalized spacial score (nSPS) is 10.8. The maximum absolute atomic E-state index is 9.45. The van der Waals surface area contributed by atoms with Crippen molar-refractivity contribution in [2.24, 2.45) is 0 Å². The van der Waals surface area contributed by atoms with Gasteiger partial charge in [0.2, 0.25) is 20.8 Å². The van der Waals surface area contributed by atoms with Crippen LogP contribution in [0.15, 0.2) is 0 Å². The van der Waals surface area contributed by atoms with E-state index in [1.54, 1.807) is 0 Å². The quantitative estimate of drug-likeness (QED) is 0.111. The minimum atomic E-state index is -4.42. The van der Waals surface area contributed by atoms with Gasteiger partial charge in [0, 0.05) is 6.42 Å². The third-order valence-electron chi connectivity index (χ3n) is 3.05. The Morgan fingerprint density at radius 3 is 1.11 bits per heavy atom. The topological polar surface area (TPSA) is 156 Å². The molecule has 9 nitrogen and oxygen atoms in total. The Hall–Kier alpha value is 0.700. The molecule has 0 aliphatic carbocycles. The molecule has 0 bridgehead atoms. The summed E-state index contributed by atoms with van der Waals surface area (Å²) in [6, 6.07) is 0. The smallest absolute Gasteiger partial charge is 0.726 e. The Balaban J connectivity index is -0.000000165. The summed E-state index contributed by atoms with van der Waals surface area (Å²) in [6.45, 7) is 5.56. The predicted molar refractivity (Wildman–Crippen MR) is 103 cm³/mol. The molecular formula is C16H37NaO9S2. The predicted octanol–water partition coefficient (Wildman–Crippen LogP) is -0.398. The van der Waals surface area contributed by atoms with Gasteiger partial charge in [-0.25, -0.2) is 16.8 Å². The molecule has 0 atom stereocenters. The molecule has 0 aromatic rings.